The Morgan fingerprint density at radius 3 is 2.72 bits per heavy atom. The Morgan fingerprint density at radius 1 is 1.39 bits per heavy atom. The third kappa shape index (κ3) is 2.60. The molecule has 8 heteroatoms. The van der Waals surface area contributed by atoms with Crippen LogP contribution < -0.4 is 15.6 Å². The molecule has 1 saturated heterocycles. The van der Waals surface area contributed by atoms with E-state index in [2.05, 4.69) is 15.6 Å². The van der Waals surface area contributed by atoms with Gasteiger partial charge < -0.3 is 0 Å². The smallest absolute Gasteiger partial charge is 0.238 e. The van der Waals surface area contributed by atoms with Gasteiger partial charge in [-0.25, -0.2) is 17.2 Å². The number of hydrazine groups is 1. The maximum atomic E-state index is 13.4. The summed E-state index contributed by atoms with van der Waals surface area (Å²) < 4.78 is 52.4. The first-order valence-electron chi connectivity index (χ1n) is 5.35. The van der Waals surface area contributed by atoms with Gasteiger partial charge >= 0.3 is 0 Å². The summed E-state index contributed by atoms with van der Waals surface area (Å²) in [5, 5.41) is -0.750. The SMILES string of the molecule is CC1NNCC1S(=O)(=O)Nc1cc(F)ccc1F. The first kappa shape index (κ1) is 13.2. The molecule has 0 radical (unpaired) electrons. The van der Waals surface area contributed by atoms with Crippen molar-refractivity contribution >= 4 is 15.7 Å². The first-order valence-corrected chi connectivity index (χ1v) is 6.90. The van der Waals surface area contributed by atoms with Crippen molar-refractivity contribution in [3.05, 3.63) is 29.8 Å². The van der Waals surface area contributed by atoms with Crippen molar-refractivity contribution in [3.63, 3.8) is 0 Å². The highest BCUT2D eigenvalue weighted by Crippen LogP contribution is 2.19. The van der Waals surface area contributed by atoms with E-state index in [1.165, 1.54) is 0 Å². The third-order valence-corrected chi connectivity index (χ3v) is 4.65. The van der Waals surface area contributed by atoms with E-state index >= 15 is 0 Å². The highest BCUT2D eigenvalue weighted by Gasteiger charge is 2.35. The zero-order valence-corrected chi connectivity index (χ0v) is 10.4. The van der Waals surface area contributed by atoms with E-state index in [-0.39, 0.29) is 18.3 Å². The van der Waals surface area contributed by atoms with Crippen molar-refractivity contribution in [2.75, 3.05) is 11.3 Å². The predicted molar refractivity (Wildman–Crippen MR) is 63.3 cm³/mol. The second kappa shape index (κ2) is 4.79. The molecule has 1 aromatic carbocycles. The standard InChI is InChI=1S/C10H13F2N3O2S/c1-6-10(5-13-14-6)18(16,17)15-9-4-7(11)2-3-8(9)12/h2-4,6,10,13-15H,5H2,1H3. The minimum atomic E-state index is -3.78. The Hall–Kier alpha value is -1.25. The van der Waals surface area contributed by atoms with E-state index in [1.807, 2.05) is 0 Å². The molecule has 3 N–H and O–H groups in total. The Balaban J connectivity index is 2.25. The molecule has 5 nitrogen and oxygen atoms in total. The summed E-state index contributed by atoms with van der Waals surface area (Å²) in [5.41, 5.74) is 5.07. The van der Waals surface area contributed by atoms with Gasteiger partial charge in [-0.15, -0.1) is 0 Å². The molecule has 0 aliphatic carbocycles. The number of nitrogens with one attached hydrogen (secondary N) is 3. The zero-order valence-electron chi connectivity index (χ0n) is 9.57. The lowest BCUT2D eigenvalue weighted by molar-refractivity contribution is 0.564. The first-order chi connectivity index (χ1) is 8.40. The molecule has 1 fully saturated rings. The van der Waals surface area contributed by atoms with Crippen molar-refractivity contribution in [2.45, 2.75) is 18.2 Å². The number of hydrogen-bond acceptors (Lipinski definition) is 4. The minimum absolute atomic E-state index is 0.202. The van der Waals surface area contributed by atoms with Gasteiger partial charge in [0.1, 0.15) is 16.9 Å². The van der Waals surface area contributed by atoms with Crippen LogP contribution in [-0.4, -0.2) is 26.3 Å². The maximum absolute atomic E-state index is 13.4. The Morgan fingerprint density at radius 2 is 2.11 bits per heavy atom. The van der Waals surface area contributed by atoms with Crippen LogP contribution >= 0.6 is 0 Å². The fourth-order valence-electron chi connectivity index (χ4n) is 1.77. The monoisotopic (exact) mass is 277 g/mol. The van der Waals surface area contributed by atoms with E-state index in [1.54, 1.807) is 6.92 Å². The van der Waals surface area contributed by atoms with Gasteiger partial charge in [-0.1, -0.05) is 0 Å². The van der Waals surface area contributed by atoms with Crippen LogP contribution in [-0.2, 0) is 10.0 Å². The summed E-state index contributed by atoms with van der Waals surface area (Å²) in [7, 11) is -3.78. The van der Waals surface area contributed by atoms with Crippen LogP contribution in [0.2, 0.25) is 0 Å². The van der Waals surface area contributed by atoms with Crippen LogP contribution in [0.3, 0.4) is 0 Å². The topological polar surface area (TPSA) is 70.2 Å². The molecule has 2 atom stereocenters. The van der Waals surface area contributed by atoms with Gasteiger partial charge in [0.15, 0.2) is 0 Å². The second-order valence-electron chi connectivity index (χ2n) is 4.12. The van der Waals surface area contributed by atoms with Crippen LogP contribution in [0.15, 0.2) is 18.2 Å². The van der Waals surface area contributed by atoms with Gasteiger partial charge in [0.25, 0.3) is 0 Å². The maximum Gasteiger partial charge on any atom is 0.238 e. The van der Waals surface area contributed by atoms with E-state index in [0.29, 0.717) is 0 Å². The van der Waals surface area contributed by atoms with Crippen molar-refractivity contribution in [1.82, 2.24) is 10.9 Å². The minimum Gasteiger partial charge on any atom is -0.280 e. The quantitative estimate of drug-likeness (QED) is 0.755. The Bertz CT molecular complexity index is 550. The van der Waals surface area contributed by atoms with Crippen molar-refractivity contribution in [1.29, 1.82) is 0 Å². The third-order valence-electron chi connectivity index (χ3n) is 2.77. The molecule has 0 bridgehead atoms. The average molecular weight is 277 g/mol. The van der Waals surface area contributed by atoms with E-state index < -0.39 is 26.9 Å². The van der Waals surface area contributed by atoms with Crippen molar-refractivity contribution in [3.8, 4) is 0 Å². The predicted octanol–water partition coefficient (Wildman–Crippen LogP) is 0.571. The van der Waals surface area contributed by atoms with Gasteiger partial charge in [0.05, 0.1) is 5.69 Å². The van der Waals surface area contributed by atoms with Gasteiger partial charge in [-0.3, -0.25) is 15.6 Å². The van der Waals surface area contributed by atoms with Crippen LogP contribution in [0.1, 0.15) is 6.92 Å². The van der Waals surface area contributed by atoms with E-state index in [0.717, 1.165) is 18.2 Å². The highest BCUT2D eigenvalue weighted by atomic mass is 32.2. The molecule has 1 aliphatic rings. The molecule has 1 aromatic rings. The summed E-state index contributed by atoms with van der Waals surface area (Å²) in [4.78, 5) is 0. The molecular formula is C10H13F2N3O2S. The molecule has 0 aromatic heterocycles. The van der Waals surface area contributed by atoms with Gasteiger partial charge in [-0.2, -0.15) is 0 Å². The van der Waals surface area contributed by atoms with Crippen LogP contribution in [0.25, 0.3) is 0 Å². The van der Waals surface area contributed by atoms with Crippen LogP contribution in [0, 0.1) is 11.6 Å². The summed E-state index contributed by atoms with van der Waals surface area (Å²) in [6.45, 7) is 1.89. The number of benzene rings is 1. The number of anilines is 1. The second-order valence-corrected chi connectivity index (χ2v) is 6.02. The van der Waals surface area contributed by atoms with Crippen molar-refractivity contribution in [2.24, 2.45) is 0 Å². The number of hydrogen-bond donors (Lipinski definition) is 3. The summed E-state index contributed by atoms with van der Waals surface area (Å²) in [6.07, 6.45) is 0. The van der Waals surface area contributed by atoms with Gasteiger partial charge in [0.2, 0.25) is 10.0 Å². The number of halogens is 2. The molecule has 100 valence electrons. The van der Waals surface area contributed by atoms with Crippen molar-refractivity contribution < 1.29 is 17.2 Å². The normalized spacial score (nSPS) is 24.2. The molecular weight excluding hydrogens is 264 g/mol. The fraction of sp³-hybridized carbons (Fsp3) is 0.400. The summed E-state index contributed by atoms with van der Waals surface area (Å²) in [6, 6.07) is 2.29. The fourth-order valence-corrected chi connectivity index (χ4v) is 3.30. The molecule has 0 saturated carbocycles. The Labute approximate surface area is 104 Å². The van der Waals surface area contributed by atoms with Crippen LogP contribution in [0.5, 0.6) is 0 Å². The van der Waals surface area contributed by atoms with Gasteiger partial charge in [-0.05, 0) is 19.1 Å². The molecule has 0 spiro atoms. The molecule has 0 amide bonds. The highest BCUT2D eigenvalue weighted by molar-refractivity contribution is 7.93. The molecule has 18 heavy (non-hydrogen) atoms. The van der Waals surface area contributed by atoms with Crippen LogP contribution in [0.4, 0.5) is 14.5 Å². The number of sulfonamides is 1. The summed E-state index contributed by atoms with van der Waals surface area (Å²) in [5.74, 6) is -1.52. The average Bonchev–Trinajstić information content (AvgIpc) is 2.70. The summed E-state index contributed by atoms with van der Waals surface area (Å²) >= 11 is 0. The molecule has 1 aliphatic heterocycles. The largest absolute Gasteiger partial charge is 0.280 e. The zero-order chi connectivity index (χ0) is 13.3. The van der Waals surface area contributed by atoms with Gasteiger partial charge in [0, 0.05) is 18.7 Å². The van der Waals surface area contributed by atoms with E-state index in [4.69, 9.17) is 0 Å². The Kier molecular flexibility index (Phi) is 3.51. The molecule has 1 heterocycles. The van der Waals surface area contributed by atoms with E-state index in [9.17, 15) is 17.2 Å². The lowest BCUT2D eigenvalue weighted by atomic mass is 10.3. The molecule has 2 rings (SSSR count). The molecule has 2 unspecified atom stereocenters. The number of rotatable bonds is 3. The lowest BCUT2D eigenvalue weighted by Crippen LogP contribution is -2.38. The lowest BCUT2D eigenvalue weighted by Gasteiger charge is -2.16.